The van der Waals surface area contributed by atoms with E-state index >= 15 is 0 Å². The van der Waals surface area contributed by atoms with Crippen LogP contribution in [0.3, 0.4) is 0 Å². The average Bonchev–Trinajstić information content (AvgIpc) is 2.65. The number of rotatable bonds is 8. The highest BCUT2D eigenvalue weighted by atomic mass is 16.2. The molecule has 0 spiro atoms. The second-order valence-electron chi connectivity index (χ2n) is 6.65. The average molecular weight is 382 g/mol. The highest BCUT2D eigenvalue weighted by Gasteiger charge is 2.06. The van der Waals surface area contributed by atoms with Crippen molar-refractivity contribution >= 4 is 34.8 Å². The summed E-state index contributed by atoms with van der Waals surface area (Å²) in [7, 11) is 3.47. The maximum atomic E-state index is 12.2. The Morgan fingerprint density at radius 2 is 1.57 bits per heavy atom. The van der Waals surface area contributed by atoms with Crippen LogP contribution >= 0.6 is 0 Å². The maximum Gasteiger partial charge on any atom is 0.243 e. The van der Waals surface area contributed by atoms with Crippen molar-refractivity contribution in [2.24, 2.45) is 0 Å². The third-order valence-corrected chi connectivity index (χ3v) is 4.00. The lowest BCUT2D eigenvalue weighted by Crippen LogP contribution is -2.22. The molecule has 2 aromatic rings. The molecule has 7 heteroatoms. The van der Waals surface area contributed by atoms with Crippen LogP contribution in [0.4, 0.5) is 17.1 Å². The van der Waals surface area contributed by atoms with Gasteiger partial charge < -0.3 is 20.9 Å². The number of carbonyl (C=O) groups excluding carboxylic acids is 3. The van der Waals surface area contributed by atoms with E-state index in [0.717, 1.165) is 11.3 Å². The van der Waals surface area contributed by atoms with E-state index < -0.39 is 0 Å². The molecule has 2 aromatic carbocycles. The zero-order valence-electron chi connectivity index (χ0n) is 16.4. The quantitative estimate of drug-likeness (QED) is 0.655. The minimum Gasteiger partial charge on any atom is -0.376 e. The Labute approximate surface area is 165 Å². The molecule has 0 unspecified atom stereocenters. The van der Waals surface area contributed by atoms with Crippen LogP contribution < -0.4 is 16.0 Å². The van der Waals surface area contributed by atoms with E-state index in [1.165, 1.54) is 6.92 Å². The van der Waals surface area contributed by atoms with E-state index in [1.54, 1.807) is 43.3 Å². The number of carbonyl (C=O) groups is 3. The predicted octanol–water partition coefficient (Wildman–Crippen LogP) is 2.72. The van der Waals surface area contributed by atoms with Crippen molar-refractivity contribution in [1.29, 1.82) is 0 Å². The molecule has 0 radical (unpaired) electrons. The van der Waals surface area contributed by atoms with Gasteiger partial charge in [0, 0.05) is 44.5 Å². The molecule has 3 N–H and O–H groups in total. The van der Waals surface area contributed by atoms with Crippen LogP contribution in [0, 0.1) is 0 Å². The first-order valence-corrected chi connectivity index (χ1v) is 9.04. The van der Waals surface area contributed by atoms with Crippen LogP contribution in [0.15, 0.2) is 48.5 Å². The molecule has 0 saturated heterocycles. The summed E-state index contributed by atoms with van der Waals surface area (Å²) in [5.74, 6) is -0.232. The van der Waals surface area contributed by atoms with Crippen molar-refractivity contribution < 1.29 is 14.4 Å². The highest BCUT2D eigenvalue weighted by molar-refractivity contribution is 5.94. The Bertz CT molecular complexity index is 832. The molecule has 3 amide bonds. The van der Waals surface area contributed by atoms with Crippen LogP contribution in [-0.4, -0.2) is 43.3 Å². The fraction of sp³-hybridized carbons (Fsp3) is 0.286. The minimum atomic E-state index is -0.174. The van der Waals surface area contributed by atoms with E-state index in [0.29, 0.717) is 24.2 Å². The fourth-order valence-corrected chi connectivity index (χ4v) is 2.54. The highest BCUT2D eigenvalue weighted by Crippen LogP contribution is 2.15. The summed E-state index contributed by atoms with van der Waals surface area (Å²) in [5, 5.41) is 8.57. The number of nitrogens with zero attached hydrogens (tertiary/aromatic N) is 1. The normalized spacial score (nSPS) is 10.1. The Balaban J connectivity index is 1.83. The Hall–Kier alpha value is -3.35. The summed E-state index contributed by atoms with van der Waals surface area (Å²) < 4.78 is 0. The van der Waals surface area contributed by atoms with Gasteiger partial charge in [-0.05, 0) is 48.4 Å². The van der Waals surface area contributed by atoms with Crippen molar-refractivity contribution in [3.05, 3.63) is 54.1 Å². The van der Waals surface area contributed by atoms with Crippen LogP contribution in [0.25, 0.3) is 0 Å². The molecule has 0 aliphatic heterocycles. The minimum absolute atomic E-state index is 0.0724. The second-order valence-corrected chi connectivity index (χ2v) is 6.65. The lowest BCUT2D eigenvalue weighted by atomic mass is 10.1. The molecule has 7 nitrogen and oxygen atoms in total. The zero-order chi connectivity index (χ0) is 20.5. The maximum absolute atomic E-state index is 12.2. The number of hydrogen-bond donors (Lipinski definition) is 3. The summed E-state index contributed by atoms with van der Waals surface area (Å²) in [6.07, 6.45) is 1.06. The van der Waals surface area contributed by atoms with Crippen molar-refractivity contribution in [2.45, 2.75) is 19.8 Å². The fourth-order valence-electron chi connectivity index (χ4n) is 2.54. The Kier molecular flexibility index (Phi) is 7.56. The number of benzene rings is 2. The summed E-state index contributed by atoms with van der Waals surface area (Å²) >= 11 is 0. The smallest absolute Gasteiger partial charge is 0.243 e. The summed E-state index contributed by atoms with van der Waals surface area (Å²) in [4.78, 5) is 36.5. The molecule has 0 aliphatic carbocycles. The first-order chi connectivity index (χ1) is 13.3. The monoisotopic (exact) mass is 382 g/mol. The van der Waals surface area contributed by atoms with Gasteiger partial charge in [0.2, 0.25) is 17.7 Å². The Morgan fingerprint density at radius 3 is 2.21 bits per heavy atom. The first-order valence-electron chi connectivity index (χ1n) is 9.04. The second kappa shape index (κ2) is 10.1. The van der Waals surface area contributed by atoms with Crippen LogP contribution in [0.5, 0.6) is 0 Å². The predicted molar refractivity (Wildman–Crippen MR) is 111 cm³/mol. The molecular weight excluding hydrogens is 356 g/mol. The van der Waals surface area contributed by atoms with Gasteiger partial charge >= 0.3 is 0 Å². The van der Waals surface area contributed by atoms with E-state index in [1.807, 2.05) is 24.3 Å². The van der Waals surface area contributed by atoms with Gasteiger partial charge in [0.1, 0.15) is 0 Å². The molecule has 0 aliphatic rings. The number of amides is 3. The van der Waals surface area contributed by atoms with Crippen molar-refractivity contribution in [2.75, 3.05) is 36.6 Å². The lowest BCUT2D eigenvalue weighted by molar-refractivity contribution is -0.128. The van der Waals surface area contributed by atoms with E-state index in [-0.39, 0.29) is 24.3 Å². The van der Waals surface area contributed by atoms with Crippen molar-refractivity contribution in [3.63, 3.8) is 0 Å². The number of anilines is 3. The third kappa shape index (κ3) is 7.11. The van der Waals surface area contributed by atoms with Gasteiger partial charge in [-0.25, -0.2) is 0 Å². The molecule has 0 heterocycles. The van der Waals surface area contributed by atoms with Gasteiger partial charge in [-0.2, -0.15) is 0 Å². The third-order valence-electron chi connectivity index (χ3n) is 4.00. The van der Waals surface area contributed by atoms with Crippen molar-refractivity contribution in [1.82, 2.24) is 4.90 Å². The molecule has 148 valence electrons. The molecule has 0 fully saturated rings. The van der Waals surface area contributed by atoms with Crippen LogP contribution in [-0.2, 0) is 20.8 Å². The Morgan fingerprint density at radius 1 is 0.893 bits per heavy atom. The molecule has 0 atom stereocenters. The topological polar surface area (TPSA) is 90.5 Å². The number of hydrogen-bond acceptors (Lipinski definition) is 4. The van der Waals surface area contributed by atoms with Gasteiger partial charge in [-0.3, -0.25) is 14.4 Å². The van der Waals surface area contributed by atoms with Gasteiger partial charge in [-0.1, -0.05) is 12.1 Å². The van der Waals surface area contributed by atoms with Crippen LogP contribution in [0.2, 0.25) is 0 Å². The molecule has 2 rings (SSSR count). The molecule has 0 aromatic heterocycles. The number of nitrogens with one attached hydrogen (secondary N) is 3. The molecule has 0 bridgehead atoms. The summed E-state index contributed by atoms with van der Waals surface area (Å²) in [6, 6.07) is 14.6. The van der Waals surface area contributed by atoms with Gasteiger partial charge in [0.15, 0.2) is 0 Å². The largest absolute Gasteiger partial charge is 0.376 e. The van der Waals surface area contributed by atoms with Crippen molar-refractivity contribution in [3.8, 4) is 0 Å². The summed E-state index contributed by atoms with van der Waals surface area (Å²) in [6.45, 7) is 1.56. The first kappa shape index (κ1) is 21.0. The zero-order valence-corrected chi connectivity index (χ0v) is 16.4. The number of aryl methyl sites for hydroxylation is 1. The molecule has 0 saturated carbocycles. The SMILES string of the molecule is CC(=O)Nc1ccc(NCC(=O)Nc2cccc(CCC(=O)N(C)C)c2)cc1. The standard InChI is InChI=1S/C21H26N4O3/c1-15(26)23-18-10-8-17(9-11-18)22-14-20(27)24-19-6-4-5-16(13-19)7-12-21(28)25(2)3/h4-6,8-11,13,22H,7,12,14H2,1-3H3,(H,23,26)(H,24,27). The van der Waals surface area contributed by atoms with Gasteiger partial charge in [0.25, 0.3) is 0 Å². The van der Waals surface area contributed by atoms with E-state index in [2.05, 4.69) is 16.0 Å². The summed E-state index contributed by atoms with van der Waals surface area (Å²) in [5.41, 5.74) is 3.17. The van der Waals surface area contributed by atoms with Crippen LogP contribution in [0.1, 0.15) is 18.9 Å². The lowest BCUT2D eigenvalue weighted by Gasteiger charge is -2.11. The van der Waals surface area contributed by atoms with E-state index in [4.69, 9.17) is 0 Å². The molecule has 28 heavy (non-hydrogen) atoms. The van der Waals surface area contributed by atoms with Gasteiger partial charge in [0.05, 0.1) is 6.54 Å². The molecular formula is C21H26N4O3. The van der Waals surface area contributed by atoms with Gasteiger partial charge in [-0.15, -0.1) is 0 Å². The van der Waals surface area contributed by atoms with E-state index in [9.17, 15) is 14.4 Å².